The van der Waals surface area contributed by atoms with Crippen LogP contribution in [0.1, 0.15) is 61.2 Å². The number of aromatic amines is 2. The lowest BCUT2D eigenvalue weighted by molar-refractivity contribution is 0.0207. The molecule has 8 rings (SSSR count). The third-order valence-electron chi connectivity index (χ3n) is 9.30. The molecule has 0 aliphatic carbocycles. The summed E-state index contributed by atoms with van der Waals surface area (Å²) >= 11 is 1.75. The summed E-state index contributed by atoms with van der Waals surface area (Å²) in [4.78, 5) is 37.9. The first-order valence-corrected chi connectivity index (χ1v) is 20.3. The van der Waals surface area contributed by atoms with Crippen molar-refractivity contribution in [3.05, 3.63) is 133 Å². The molecule has 0 radical (unpaired) electrons. The SMILES string of the molecule is COc1cccc(-c2ccc(=O)n(C(C)c3nc(-c4ccc(C(C)(F)F)s4)n[nH]3)n2)c1.COc1cccc(-c2ccc(=O)n(C(C)c3nc(-c4ncc(C(C)(F)F)s4)n[nH]3)n2)c1. The molecule has 320 valence electrons. The van der Waals surface area contributed by atoms with Crippen LogP contribution in [0.4, 0.5) is 17.6 Å². The van der Waals surface area contributed by atoms with Crippen molar-refractivity contribution in [1.29, 1.82) is 0 Å². The average molecular weight is 888 g/mol. The normalized spacial score (nSPS) is 12.7. The highest BCUT2D eigenvalue weighted by Crippen LogP contribution is 2.37. The van der Waals surface area contributed by atoms with Crippen LogP contribution in [0.15, 0.2) is 101 Å². The van der Waals surface area contributed by atoms with E-state index < -0.39 is 23.9 Å². The van der Waals surface area contributed by atoms with Crippen molar-refractivity contribution in [1.82, 2.24) is 54.9 Å². The van der Waals surface area contributed by atoms with Crippen LogP contribution in [0.25, 0.3) is 44.0 Å². The number of hydrogen-bond donors (Lipinski definition) is 2. The van der Waals surface area contributed by atoms with E-state index in [1.165, 1.54) is 27.6 Å². The van der Waals surface area contributed by atoms with Gasteiger partial charge in [0.1, 0.15) is 35.2 Å². The first-order chi connectivity index (χ1) is 29.5. The number of thiophene rings is 1. The van der Waals surface area contributed by atoms with E-state index >= 15 is 0 Å². The molecular formula is C41H37F4N11O4S2. The smallest absolute Gasteiger partial charge is 0.281 e. The molecule has 0 fully saturated rings. The van der Waals surface area contributed by atoms with Gasteiger partial charge in [-0.2, -0.15) is 20.4 Å². The van der Waals surface area contributed by atoms with Crippen molar-refractivity contribution in [2.24, 2.45) is 0 Å². The fraction of sp³-hybridized carbons (Fsp3) is 0.244. The van der Waals surface area contributed by atoms with Gasteiger partial charge in [-0.05, 0) is 62.4 Å². The summed E-state index contributed by atoms with van der Waals surface area (Å²) in [5.41, 5.74) is 2.14. The number of ether oxygens (including phenoxy) is 2. The summed E-state index contributed by atoms with van der Waals surface area (Å²) in [5, 5.41) is 22.9. The van der Waals surface area contributed by atoms with Crippen LogP contribution in [0, 0.1) is 0 Å². The fourth-order valence-corrected chi connectivity index (χ4v) is 7.56. The first kappa shape index (κ1) is 43.2. The molecule has 2 N–H and O–H groups in total. The Morgan fingerprint density at radius 1 is 0.645 bits per heavy atom. The second kappa shape index (κ2) is 17.6. The van der Waals surface area contributed by atoms with Gasteiger partial charge in [0.2, 0.25) is 5.82 Å². The van der Waals surface area contributed by atoms with E-state index in [2.05, 4.69) is 45.5 Å². The molecule has 8 aromatic rings. The zero-order chi connectivity index (χ0) is 44.3. The van der Waals surface area contributed by atoms with E-state index in [-0.39, 0.29) is 31.7 Å². The Kier molecular flexibility index (Phi) is 12.3. The topological polar surface area (TPSA) is 184 Å². The maximum Gasteiger partial charge on any atom is 0.281 e. The fourth-order valence-electron chi connectivity index (χ4n) is 5.91. The van der Waals surface area contributed by atoms with E-state index in [1.807, 2.05) is 48.5 Å². The van der Waals surface area contributed by atoms with E-state index in [4.69, 9.17) is 9.47 Å². The summed E-state index contributed by atoms with van der Waals surface area (Å²) in [7, 11) is 3.15. The summed E-state index contributed by atoms with van der Waals surface area (Å²) in [6.07, 6.45) is 1.11. The number of thiazole rings is 1. The highest BCUT2D eigenvalue weighted by molar-refractivity contribution is 7.15. The van der Waals surface area contributed by atoms with Gasteiger partial charge >= 0.3 is 0 Å². The number of alkyl halides is 4. The second-order valence-corrected chi connectivity index (χ2v) is 16.0. The predicted octanol–water partition coefficient (Wildman–Crippen LogP) is 8.37. The van der Waals surface area contributed by atoms with Crippen LogP contribution in [-0.4, -0.2) is 69.1 Å². The van der Waals surface area contributed by atoms with Crippen molar-refractivity contribution in [2.45, 2.75) is 51.6 Å². The van der Waals surface area contributed by atoms with Crippen molar-refractivity contribution >= 4 is 22.7 Å². The molecule has 2 aromatic carbocycles. The number of H-pyrrole nitrogens is 2. The maximum absolute atomic E-state index is 13.5. The van der Waals surface area contributed by atoms with Crippen LogP contribution in [0.5, 0.6) is 11.5 Å². The number of nitrogens with zero attached hydrogens (tertiary/aromatic N) is 9. The predicted molar refractivity (Wildman–Crippen MR) is 225 cm³/mol. The average Bonchev–Trinajstić information content (AvgIpc) is 4.11. The zero-order valence-electron chi connectivity index (χ0n) is 33.8. The molecule has 62 heavy (non-hydrogen) atoms. The van der Waals surface area contributed by atoms with Gasteiger partial charge in [-0.15, -0.1) is 22.7 Å². The maximum atomic E-state index is 13.5. The molecule has 6 heterocycles. The van der Waals surface area contributed by atoms with Crippen LogP contribution < -0.4 is 20.6 Å². The standard InChI is InChI=1S/C21H19F2N5O2S.C20H18F2N6O2S/c1-12(19-24-20(26-25-19)16-8-9-17(31-16)21(2,22)23)28-18(29)10-7-15(27-28)13-5-4-6-14(11-13)30-3;1-11(17-24-18(26-25-17)19-23-10-15(31-19)20(2,21)22)28-16(29)8-7-14(27-28)12-5-4-6-13(9-12)30-3/h4-12H,1-3H3,(H,24,25,26);4-11H,1-3H3,(H,24,25,26). The van der Waals surface area contributed by atoms with Crippen molar-refractivity contribution in [2.75, 3.05) is 14.2 Å². The highest BCUT2D eigenvalue weighted by Gasteiger charge is 2.29. The lowest BCUT2D eigenvalue weighted by atomic mass is 10.1. The third-order valence-corrected chi connectivity index (χ3v) is 11.7. The van der Waals surface area contributed by atoms with Gasteiger partial charge in [-0.1, -0.05) is 24.3 Å². The molecule has 0 saturated carbocycles. The Morgan fingerprint density at radius 2 is 1.15 bits per heavy atom. The first-order valence-electron chi connectivity index (χ1n) is 18.7. The van der Waals surface area contributed by atoms with Gasteiger partial charge in [0, 0.05) is 43.3 Å². The largest absolute Gasteiger partial charge is 0.497 e. The summed E-state index contributed by atoms with van der Waals surface area (Å²) in [5.74, 6) is -3.34. The minimum absolute atomic E-state index is 0.0641. The molecule has 0 saturated heterocycles. The van der Waals surface area contributed by atoms with Crippen LogP contribution >= 0.6 is 22.7 Å². The summed E-state index contributed by atoms with van der Waals surface area (Å²) in [6, 6.07) is 22.6. The van der Waals surface area contributed by atoms with Crippen molar-refractivity contribution < 1.29 is 27.0 Å². The summed E-state index contributed by atoms with van der Waals surface area (Å²) < 4.78 is 67.1. The van der Waals surface area contributed by atoms with Gasteiger partial charge in [0.05, 0.1) is 40.2 Å². The Hall–Kier alpha value is -6.87. The molecule has 2 unspecified atom stereocenters. The van der Waals surface area contributed by atoms with Gasteiger partial charge in [-0.25, -0.2) is 41.9 Å². The molecular weight excluding hydrogens is 851 g/mol. The molecule has 2 atom stereocenters. The number of benzene rings is 2. The minimum Gasteiger partial charge on any atom is -0.497 e. The molecule has 6 aromatic heterocycles. The second-order valence-electron chi connectivity index (χ2n) is 13.9. The molecule has 0 aliphatic rings. The number of halogens is 4. The van der Waals surface area contributed by atoms with Crippen LogP contribution in [0.2, 0.25) is 0 Å². The number of nitrogens with one attached hydrogen (secondary N) is 2. The van der Waals surface area contributed by atoms with Gasteiger partial charge < -0.3 is 9.47 Å². The lowest BCUT2D eigenvalue weighted by Gasteiger charge is -2.12. The van der Waals surface area contributed by atoms with Gasteiger partial charge in [0.15, 0.2) is 10.8 Å². The molecule has 0 amide bonds. The Labute approximate surface area is 358 Å². The van der Waals surface area contributed by atoms with E-state index in [0.717, 1.165) is 53.8 Å². The molecule has 0 spiro atoms. The molecule has 15 nitrogen and oxygen atoms in total. The Balaban J connectivity index is 0.000000186. The van der Waals surface area contributed by atoms with Crippen LogP contribution in [0.3, 0.4) is 0 Å². The quantitative estimate of drug-likeness (QED) is 0.112. The number of aromatic nitrogens is 11. The lowest BCUT2D eigenvalue weighted by Crippen LogP contribution is -2.26. The van der Waals surface area contributed by atoms with Crippen molar-refractivity contribution in [3.8, 4) is 55.5 Å². The van der Waals surface area contributed by atoms with E-state index in [1.54, 1.807) is 46.3 Å². The van der Waals surface area contributed by atoms with E-state index in [0.29, 0.717) is 45.2 Å². The highest BCUT2D eigenvalue weighted by atomic mass is 32.1. The van der Waals surface area contributed by atoms with Crippen molar-refractivity contribution in [3.63, 3.8) is 0 Å². The van der Waals surface area contributed by atoms with Gasteiger partial charge in [0.25, 0.3) is 23.0 Å². The number of rotatable bonds is 12. The van der Waals surface area contributed by atoms with Gasteiger partial charge in [-0.3, -0.25) is 19.8 Å². The molecule has 21 heteroatoms. The van der Waals surface area contributed by atoms with E-state index in [9.17, 15) is 27.2 Å². The number of methoxy groups -OCH3 is 2. The number of hydrogen-bond acceptors (Lipinski definition) is 13. The zero-order valence-corrected chi connectivity index (χ0v) is 35.4. The monoisotopic (exact) mass is 887 g/mol. The third kappa shape index (κ3) is 9.52. The minimum atomic E-state index is -2.99. The Bertz CT molecular complexity index is 2750. The van der Waals surface area contributed by atoms with Crippen LogP contribution in [-0.2, 0) is 11.8 Å². The molecule has 0 aliphatic heterocycles. The molecule has 0 bridgehead atoms. The summed E-state index contributed by atoms with van der Waals surface area (Å²) in [6.45, 7) is 5.15. The Morgan fingerprint density at radius 3 is 1.61 bits per heavy atom.